The number of ether oxygens (including phenoxy) is 1. The predicted molar refractivity (Wildman–Crippen MR) is 79.4 cm³/mol. The average Bonchev–Trinajstić information content (AvgIpc) is 2.78. The fourth-order valence-electron chi connectivity index (χ4n) is 1.81. The topological polar surface area (TPSA) is 53.1 Å². The fraction of sp³-hybridized carbons (Fsp3) is 0.357. The van der Waals surface area contributed by atoms with Gasteiger partial charge in [-0.15, -0.1) is 0 Å². The maximum Gasteiger partial charge on any atom is 0.165 e. The molecule has 4 nitrogen and oxygen atoms in total. The number of hydrogen-bond acceptors (Lipinski definition) is 3. The molecule has 5 heteroatoms. The Bertz CT molecular complexity index is 553. The Morgan fingerprint density at radius 2 is 2.26 bits per heavy atom. The minimum atomic E-state index is 0.144. The third-order valence-electron chi connectivity index (χ3n) is 2.94. The quantitative estimate of drug-likeness (QED) is 0.918. The number of benzene rings is 1. The van der Waals surface area contributed by atoms with Crippen LogP contribution in [0.15, 0.2) is 35.1 Å². The first kappa shape index (κ1) is 14.1. The first-order chi connectivity index (χ1) is 9.08. The molecule has 1 unspecified atom stereocenters. The summed E-state index contributed by atoms with van der Waals surface area (Å²) in [5, 5.41) is 4.09. The first-order valence-electron chi connectivity index (χ1n) is 6.29. The van der Waals surface area contributed by atoms with Crippen LogP contribution in [-0.4, -0.2) is 15.8 Å². The van der Waals surface area contributed by atoms with E-state index < -0.39 is 0 Å². The van der Waals surface area contributed by atoms with Crippen LogP contribution in [0.1, 0.15) is 18.9 Å². The summed E-state index contributed by atoms with van der Waals surface area (Å²) < 4.78 is 8.62. The Morgan fingerprint density at radius 3 is 2.89 bits per heavy atom. The molecule has 2 N–H and O–H groups in total. The van der Waals surface area contributed by atoms with E-state index in [0.717, 1.165) is 34.4 Å². The zero-order chi connectivity index (χ0) is 13.8. The van der Waals surface area contributed by atoms with E-state index in [4.69, 9.17) is 10.5 Å². The maximum atomic E-state index is 6.03. The summed E-state index contributed by atoms with van der Waals surface area (Å²) in [6.45, 7) is 2.09. The minimum absolute atomic E-state index is 0.144. The molecule has 1 heterocycles. The molecular weight excluding hydrogens is 306 g/mol. The molecule has 0 saturated carbocycles. The molecule has 0 amide bonds. The lowest BCUT2D eigenvalue weighted by molar-refractivity contribution is 0.471. The molecule has 0 radical (unpaired) electrons. The Morgan fingerprint density at radius 1 is 1.47 bits per heavy atom. The third kappa shape index (κ3) is 3.81. The Kier molecular flexibility index (Phi) is 4.61. The van der Waals surface area contributed by atoms with Gasteiger partial charge in [0.05, 0.1) is 12.4 Å². The van der Waals surface area contributed by atoms with Crippen LogP contribution in [0.3, 0.4) is 0 Å². The van der Waals surface area contributed by atoms with Gasteiger partial charge in [-0.25, -0.2) is 0 Å². The van der Waals surface area contributed by atoms with Crippen molar-refractivity contribution >= 4 is 15.9 Å². The lowest BCUT2D eigenvalue weighted by atomic mass is 10.0. The van der Waals surface area contributed by atoms with E-state index in [1.54, 1.807) is 10.9 Å². The molecule has 0 aliphatic heterocycles. The molecule has 2 aromatic rings. The third-order valence-corrected chi connectivity index (χ3v) is 3.43. The van der Waals surface area contributed by atoms with Crippen LogP contribution >= 0.6 is 15.9 Å². The van der Waals surface area contributed by atoms with Crippen molar-refractivity contribution in [2.24, 2.45) is 12.8 Å². The number of hydrogen-bond donors (Lipinski definition) is 1. The van der Waals surface area contributed by atoms with Crippen LogP contribution in [0.2, 0.25) is 0 Å². The van der Waals surface area contributed by atoms with Crippen molar-refractivity contribution in [2.45, 2.75) is 25.8 Å². The van der Waals surface area contributed by atoms with E-state index in [1.807, 2.05) is 25.4 Å². The van der Waals surface area contributed by atoms with Gasteiger partial charge in [-0.05, 0) is 36.6 Å². The molecule has 0 aliphatic carbocycles. The second-order valence-corrected chi connectivity index (χ2v) is 5.49. The minimum Gasteiger partial charge on any atom is -0.454 e. The number of halogens is 1. The van der Waals surface area contributed by atoms with Gasteiger partial charge in [-0.2, -0.15) is 5.10 Å². The number of nitrogens with zero attached hydrogens (tertiary/aromatic N) is 2. The maximum absolute atomic E-state index is 6.03. The van der Waals surface area contributed by atoms with Gasteiger partial charge >= 0.3 is 0 Å². The summed E-state index contributed by atoms with van der Waals surface area (Å²) in [4.78, 5) is 0. The molecule has 1 aromatic heterocycles. The molecule has 0 saturated heterocycles. The van der Waals surface area contributed by atoms with Crippen molar-refractivity contribution in [2.75, 3.05) is 0 Å². The summed E-state index contributed by atoms with van der Waals surface area (Å²) in [5.41, 5.74) is 7.14. The van der Waals surface area contributed by atoms with Gasteiger partial charge in [-0.1, -0.05) is 22.9 Å². The highest BCUT2D eigenvalue weighted by Crippen LogP contribution is 2.28. The molecule has 19 heavy (non-hydrogen) atoms. The highest BCUT2D eigenvalue weighted by atomic mass is 79.9. The van der Waals surface area contributed by atoms with Gasteiger partial charge in [0.2, 0.25) is 0 Å². The molecule has 0 aliphatic rings. The van der Waals surface area contributed by atoms with Crippen LogP contribution in [-0.2, 0) is 13.5 Å². The Balaban J connectivity index is 2.23. The molecule has 0 bridgehead atoms. The second-order valence-electron chi connectivity index (χ2n) is 4.58. The summed E-state index contributed by atoms with van der Waals surface area (Å²) in [7, 11) is 1.86. The predicted octanol–water partition coefficient (Wildman–Crippen LogP) is 3.25. The monoisotopic (exact) mass is 323 g/mol. The van der Waals surface area contributed by atoms with Crippen molar-refractivity contribution in [1.82, 2.24) is 9.78 Å². The van der Waals surface area contributed by atoms with Crippen molar-refractivity contribution in [1.29, 1.82) is 0 Å². The van der Waals surface area contributed by atoms with E-state index in [-0.39, 0.29) is 6.04 Å². The highest BCUT2D eigenvalue weighted by molar-refractivity contribution is 9.10. The zero-order valence-electron chi connectivity index (χ0n) is 11.1. The largest absolute Gasteiger partial charge is 0.454 e. The van der Waals surface area contributed by atoms with Crippen molar-refractivity contribution in [3.05, 3.63) is 40.6 Å². The summed E-state index contributed by atoms with van der Waals surface area (Å²) in [6, 6.07) is 6.12. The van der Waals surface area contributed by atoms with Gasteiger partial charge in [0, 0.05) is 17.6 Å². The van der Waals surface area contributed by atoms with E-state index in [1.165, 1.54) is 0 Å². The molecule has 2 rings (SSSR count). The summed E-state index contributed by atoms with van der Waals surface area (Å²) >= 11 is 3.48. The summed E-state index contributed by atoms with van der Waals surface area (Å²) in [6.07, 6.45) is 5.28. The second kappa shape index (κ2) is 6.21. The number of rotatable bonds is 5. The van der Waals surface area contributed by atoms with Crippen molar-refractivity contribution < 1.29 is 4.74 Å². The normalized spacial score (nSPS) is 12.4. The van der Waals surface area contributed by atoms with Crippen LogP contribution in [0, 0.1) is 0 Å². The molecule has 0 spiro atoms. The molecular formula is C14H18BrN3O. The van der Waals surface area contributed by atoms with Gasteiger partial charge in [0.1, 0.15) is 5.75 Å². The van der Waals surface area contributed by atoms with E-state index in [2.05, 4.69) is 34.0 Å². The molecule has 0 fully saturated rings. The highest BCUT2D eigenvalue weighted by Gasteiger charge is 2.10. The first-order valence-corrected chi connectivity index (χ1v) is 7.08. The lowest BCUT2D eigenvalue weighted by Crippen LogP contribution is -2.21. The van der Waals surface area contributed by atoms with E-state index in [0.29, 0.717) is 0 Å². The number of aryl methyl sites for hydroxylation is 1. The van der Waals surface area contributed by atoms with Gasteiger partial charge in [0.15, 0.2) is 5.75 Å². The van der Waals surface area contributed by atoms with Crippen LogP contribution in [0.5, 0.6) is 11.5 Å². The Labute approximate surface area is 121 Å². The van der Waals surface area contributed by atoms with E-state index in [9.17, 15) is 0 Å². The average molecular weight is 324 g/mol. The zero-order valence-corrected chi connectivity index (χ0v) is 12.7. The standard InChI is InChI=1S/C14H18BrN3O/c1-3-12(16)7-10-6-11(15)4-5-14(10)19-13-8-17-18(2)9-13/h4-6,8-9,12H,3,7,16H2,1-2H3. The van der Waals surface area contributed by atoms with Crippen molar-refractivity contribution in [3.8, 4) is 11.5 Å². The van der Waals surface area contributed by atoms with Gasteiger partial charge in [-0.3, -0.25) is 4.68 Å². The lowest BCUT2D eigenvalue weighted by Gasteiger charge is -2.13. The number of aromatic nitrogens is 2. The fourth-order valence-corrected chi connectivity index (χ4v) is 2.22. The number of nitrogens with two attached hydrogens (primary N) is 1. The Hall–Kier alpha value is -1.33. The van der Waals surface area contributed by atoms with E-state index >= 15 is 0 Å². The van der Waals surface area contributed by atoms with Crippen LogP contribution in [0.4, 0.5) is 0 Å². The smallest absolute Gasteiger partial charge is 0.165 e. The van der Waals surface area contributed by atoms with Gasteiger partial charge in [0.25, 0.3) is 0 Å². The van der Waals surface area contributed by atoms with Gasteiger partial charge < -0.3 is 10.5 Å². The molecule has 1 atom stereocenters. The SMILES string of the molecule is CCC(N)Cc1cc(Br)ccc1Oc1cnn(C)c1. The molecule has 102 valence electrons. The van der Waals surface area contributed by atoms with Crippen LogP contribution < -0.4 is 10.5 Å². The molecule has 1 aromatic carbocycles. The van der Waals surface area contributed by atoms with Crippen molar-refractivity contribution in [3.63, 3.8) is 0 Å². The van der Waals surface area contributed by atoms with Crippen LogP contribution in [0.25, 0.3) is 0 Å². The summed E-state index contributed by atoms with van der Waals surface area (Å²) in [5.74, 6) is 1.57.